The molecule has 34 heavy (non-hydrogen) atoms. The summed E-state index contributed by atoms with van der Waals surface area (Å²) in [5.41, 5.74) is 6.66. The molecule has 0 bridgehead atoms. The van der Waals surface area contributed by atoms with Gasteiger partial charge in [-0.25, -0.2) is 14.2 Å². The number of hydrogen-bond donors (Lipinski definition) is 3. The molecule has 2 aromatic heterocycles. The lowest BCUT2D eigenvalue weighted by Gasteiger charge is -2.30. The van der Waals surface area contributed by atoms with Crippen LogP contribution in [0, 0.1) is 18.7 Å². The van der Waals surface area contributed by atoms with Crippen LogP contribution in [-0.2, 0) is 6.54 Å². The first kappa shape index (κ1) is 23.1. The van der Waals surface area contributed by atoms with Crippen molar-refractivity contribution in [1.29, 1.82) is 0 Å². The van der Waals surface area contributed by atoms with E-state index >= 15 is 0 Å². The number of nitrogens with zero attached hydrogens (tertiary/aromatic N) is 5. The van der Waals surface area contributed by atoms with E-state index in [4.69, 9.17) is 5.73 Å². The summed E-state index contributed by atoms with van der Waals surface area (Å²) < 4.78 is 14.7. The predicted octanol–water partition coefficient (Wildman–Crippen LogP) is 1.02. The van der Waals surface area contributed by atoms with Crippen molar-refractivity contribution in [3.8, 4) is 0 Å². The average molecular weight is 468 g/mol. The Morgan fingerprint density at radius 2 is 1.91 bits per heavy atom. The quantitative estimate of drug-likeness (QED) is 0.492. The van der Waals surface area contributed by atoms with Crippen molar-refractivity contribution in [3.63, 3.8) is 0 Å². The molecule has 3 aromatic rings. The van der Waals surface area contributed by atoms with Gasteiger partial charge < -0.3 is 21.3 Å². The van der Waals surface area contributed by atoms with Gasteiger partial charge in [0.15, 0.2) is 0 Å². The lowest BCUT2D eigenvalue weighted by molar-refractivity contribution is 0.0930. The van der Waals surface area contributed by atoms with Gasteiger partial charge in [0.2, 0.25) is 0 Å². The summed E-state index contributed by atoms with van der Waals surface area (Å²) in [5, 5.41) is 9.63. The molecule has 11 nitrogen and oxygen atoms in total. The molecule has 1 aliphatic rings. The largest absolute Gasteiger partial charge is 0.351 e. The first-order chi connectivity index (χ1) is 16.3. The number of rotatable bonds is 6. The number of likely N-dealkylation sites (tertiary alicyclic amines) is 1. The molecule has 1 aliphatic heterocycles. The van der Waals surface area contributed by atoms with Gasteiger partial charge in [-0.15, -0.1) is 0 Å². The number of fused-ring (bicyclic) bond motifs is 1. The van der Waals surface area contributed by atoms with Crippen LogP contribution in [0.4, 0.5) is 9.18 Å². The van der Waals surface area contributed by atoms with E-state index in [9.17, 15) is 18.8 Å². The molecule has 0 unspecified atom stereocenters. The highest BCUT2D eigenvalue weighted by Gasteiger charge is 2.23. The molecule has 178 valence electrons. The number of nitrogens with one attached hydrogen (secondary N) is 2. The van der Waals surface area contributed by atoms with Crippen LogP contribution in [0.1, 0.15) is 44.9 Å². The first-order valence-corrected chi connectivity index (χ1v) is 10.9. The number of aryl methyl sites for hydroxylation is 1. The number of hydrogen-bond acceptors (Lipinski definition) is 6. The van der Waals surface area contributed by atoms with Crippen molar-refractivity contribution in [2.45, 2.75) is 26.3 Å². The fraction of sp³-hybridized carbons (Fsp3) is 0.364. The molecule has 1 aromatic carbocycles. The van der Waals surface area contributed by atoms with Gasteiger partial charge in [0.25, 0.3) is 17.6 Å². The van der Waals surface area contributed by atoms with Crippen LogP contribution < -0.4 is 16.4 Å². The van der Waals surface area contributed by atoms with Crippen LogP contribution in [0.15, 0.2) is 30.6 Å². The van der Waals surface area contributed by atoms with Gasteiger partial charge >= 0.3 is 6.03 Å². The first-order valence-electron chi connectivity index (χ1n) is 10.9. The van der Waals surface area contributed by atoms with Crippen LogP contribution in [-0.4, -0.2) is 62.0 Å². The van der Waals surface area contributed by atoms with Gasteiger partial charge in [-0.3, -0.25) is 9.59 Å². The maximum atomic E-state index is 13.5. The number of nitrogens with two attached hydrogens (primary N) is 1. The van der Waals surface area contributed by atoms with E-state index in [0.29, 0.717) is 25.2 Å². The summed E-state index contributed by atoms with van der Waals surface area (Å²) in [7, 11) is 0. The highest BCUT2D eigenvalue weighted by Crippen LogP contribution is 2.16. The van der Waals surface area contributed by atoms with E-state index in [0.717, 1.165) is 18.4 Å². The van der Waals surface area contributed by atoms with Gasteiger partial charge in [-0.05, 0) is 42.9 Å². The van der Waals surface area contributed by atoms with E-state index in [1.807, 2.05) is 0 Å². The van der Waals surface area contributed by atoms with Crippen molar-refractivity contribution in [3.05, 3.63) is 58.9 Å². The zero-order chi connectivity index (χ0) is 24.2. The van der Waals surface area contributed by atoms with E-state index in [-0.39, 0.29) is 35.4 Å². The number of aromatic nitrogens is 4. The third kappa shape index (κ3) is 5.11. The maximum Gasteiger partial charge on any atom is 0.314 e. The number of piperidine rings is 1. The Labute approximate surface area is 194 Å². The smallest absolute Gasteiger partial charge is 0.314 e. The third-order valence-corrected chi connectivity index (χ3v) is 5.87. The molecule has 3 heterocycles. The van der Waals surface area contributed by atoms with Crippen LogP contribution >= 0.6 is 0 Å². The summed E-state index contributed by atoms with van der Waals surface area (Å²) in [6, 6.07) is 5.51. The predicted molar refractivity (Wildman–Crippen MR) is 119 cm³/mol. The molecule has 0 spiro atoms. The van der Waals surface area contributed by atoms with Crippen molar-refractivity contribution >= 4 is 23.6 Å². The molecule has 0 saturated carbocycles. The zero-order valence-electron chi connectivity index (χ0n) is 18.6. The Hall–Kier alpha value is -4.09. The fourth-order valence-electron chi connectivity index (χ4n) is 3.87. The standard InChI is InChI=1S/C22H25FN8O3/c1-13-8-15(2-3-16(13)23)11-25-19(32)17-9-18(31-22(29-17)27-12-28-31)20(33)26-10-14-4-6-30(7-5-14)21(24)34/h2-3,8-9,12,14H,4-7,10-11H2,1H3,(H2,24,34)(H,25,32)(H,26,33). The Kier molecular flexibility index (Phi) is 6.66. The number of amides is 4. The lowest BCUT2D eigenvalue weighted by atomic mass is 9.97. The van der Waals surface area contributed by atoms with Crippen molar-refractivity contribution in [2.24, 2.45) is 11.7 Å². The topological polar surface area (TPSA) is 148 Å². The molecule has 0 radical (unpaired) electrons. The summed E-state index contributed by atoms with van der Waals surface area (Å²) in [4.78, 5) is 46.7. The van der Waals surface area contributed by atoms with E-state index in [2.05, 4.69) is 25.7 Å². The highest BCUT2D eigenvalue weighted by molar-refractivity contribution is 5.98. The van der Waals surface area contributed by atoms with Gasteiger partial charge in [0.1, 0.15) is 23.5 Å². The molecule has 0 aliphatic carbocycles. The van der Waals surface area contributed by atoms with Crippen LogP contribution in [0.5, 0.6) is 0 Å². The van der Waals surface area contributed by atoms with Crippen LogP contribution in [0.3, 0.4) is 0 Å². The zero-order valence-corrected chi connectivity index (χ0v) is 18.6. The molecule has 1 fully saturated rings. The van der Waals surface area contributed by atoms with Gasteiger partial charge in [0.05, 0.1) is 0 Å². The highest BCUT2D eigenvalue weighted by atomic mass is 19.1. The molecule has 4 N–H and O–H groups in total. The SMILES string of the molecule is Cc1cc(CNC(=O)c2cc(C(=O)NCC3CCN(C(N)=O)CC3)n3ncnc3n2)ccc1F. The second-order valence-electron chi connectivity index (χ2n) is 8.24. The Morgan fingerprint density at radius 1 is 1.15 bits per heavy atom. The van der Waals surface area contributed by atoms with E-state index < -0.39 is 17.8 Å². The molecule has 12 heteroatoms. The number of urea groups is 1. The molecular formula is C22H25FN8O3. The van der Waals surface area contributed by atoms with E-state index in [1.54, 1.807) is 24.0 Å². The second-order valence-corrected chi connectivity index (χ2v) is 8.24. The van der Waals surface area contributed by atoms with Crippen molar-refractivity contribution < 1.29 is 18.8 Å². The van der Waals surface area contributed by atoms with Gasteiger partial charge in [-0.1, -0.05) is 12.1 Å². The van der Waals surface area contributed by atoms with Crippen molar-refractivity contribution in [2.75, 3.05) is 19.6 Å². The fourth-order valence-corrected chi connectivity index (χ4v) is 3.87. The molecule has 0 atom stereocenters. The lowest BCUT2D eigenvalue weighted by Crippen LogP contribution is -2.44. The van der Waals surface area contributed by atoms with Crippen molar-refractivity contribution in [1.82, 2.24) is 35.1 Å². The minimum atomic E-state index is -0.500. The normalized spacial score (nSPS) is 14.2. The Morgan fingerprint density at radius 3 is 2.62 bits per heavy atom. The number of carbonyl (C=O) groups excluding carboxylic acids is 3. The summed E-state index contributed by atoms with van der Waals surface area (Å²) in [6.07, 6.45) is 2.71. The van der Waals surface area contributed by atoms with Crippen LogP contribution in [0.25, 0.3) is 5.78 Å². The second kappa shape index (κ2) is 9.81. The summed E-state index contributed by atoms with van der Waals surface area (Å²) >= 11 is 0. The molecule has 4 amide bonds. The molecule has 1 saturated heterocycles. The number of benzene rings is 1. The third-order valence-electron chi connectivity index (χ3n) is 5.87. The van der Waals surface area contributed by atoms with E-state index in [1.165, 1.54) is 23.0 Å². The summed E-state index contributed by atoms with van der Waals surface area (Å²) in [6.45, 7) is 3.33. The van der Waals surface area contributed by atoms with Gasteiger partial charge in [-0.2, -0.15) is 14.6 Å². The Bertz CT molecular complexity index is 1240. The number of primary amides is 1. The minimum absolute atomic E-state index is 0.0132. The maximum absolute atomic E-state index is 13.5. The monoisotopic (exact) mass is 468 g/mol. The number of halogens is 1. The van der Waals surface area contributed by atoms with Gasteiger partial charge in [0, 0.05) is 32.2 Å². The summed E-state index contributed by atoms with van der Waals surface area (Å²) in [5.74, 6) is -0.915. The number of carbonyl (C=O) groups is 3. The average Bonchev–Trinajstić information content (AvgIpc) is 3.31. The molecular weight excluding hydrogens is 443 g/mol. The van der Waals surface area contributed by atoms with Crippen LogP contribution in [0.2, 0.25) is 0 Å². The molecule has 4 rings (SSSR count). The Balaban J connectivity index is 1.43. The minimum Gasteiger partial charge on any atom is -0.351 e.